The molecule has 0 bridgehead atoms. The number of alkyl halides is 3. The van der Waals surface area contributed by atoms with Crippen LogP contribution in [0, 0.1) is 5.82 Å². The van der Waals surface area contributed by atoms with Crippen LogP contribution in [0.5, 0.6) is 0 Å². The maximum absolute atomic E-state index is 13.8. The number of ether oxygens (including phenoxy) is 3. The van der Waals surface area contributed by atoms with E-state index in [1.807, 2.05) is 0 Å². The first-order valence-corrected chi connectivity index (χ1v) is 7.29. The normalized spacial score (nSPS) is 19.8. The van der Waals surface area contributed by atoms with E-state index in [1.54, 1.807) is 0 Å². The van der Waals surface area contributed by atoms with Crippen molar-refractivity contribution >= 4 is 11.9 Å². The number of hydrogen-bond acceptors (Lipinski definition) is 5. The molecule has 0 spiro atoms. The maximum atomic E-state index is 13.8. The fraction of sp³-hybridized carbons (Fsp3) is 0.375. The number of benzene rings is 1. The Hall–Kier alpha value is -2.58. The topological polar surface area (TPSA) is 61.8 Å². The molecule has 1 aromatic rings. The van der Waals surface area contributed by atoms with Gasteiger partial charge in [-0.05, 0) is 26.0 Å². The lowest BCUT2D eigenvalue weighted by Gasteiger charge is -2.44. The molecule has 1 aliphatic heterocycles. The molecular formula is C16H14F4O5. The van der Waals surface area contributed by atoms with Crippen molar-refractivity contribution in [1.82, 2.24) is 0 Å². The van der Waals surface area contributed by atoms with Crippen LogP contribution in [0.15, 0.2) is 35.6 Å². The first-order chi connectivity index (χ1) is 11.7. The van der Waals surface area contributed by atoms with Gasteiger partial charge in [0.15, 0.2) is 0 Å². The summed E-state index contributed by atoms with van der Waals surface area (Å²) in [5, 5.41) is 0. The van der Waals surface area contributed by atoms with Crippen molar-refractivity contribution < 1.29 is 41.4 Å². The van der Waals surface area contributed by atoms with E-state index in [0.717, 1.165) is 24.3 Å². The lowest BCUT2D eigenvalue weighted by molar-refractivity contribution is -0.278. The highest BCUT2D eigenvalue weighted by Gasteiger charge is 2.71. The number of halogens is 4. The highest BCUT2D eigenvalue weighted by Crippen LogP contribution is 2.56. The van der Waals surface area contributed by atoms with E-state index in [0.29, 0.717) is 0 Å². The Balaban J connectivity index is 2.65. The molecule has 0 fully saturated rings. The predicted molar refractivity (Wildman–Crippen MR) is 75.5 cm³/mol. The van der Waals surface area contributed by atoms with E-state index in [1.165, 1.54) is 13.8 Å². The molecule has 0 radical (unpaired) electrons. The summed E-state index contributed by atoms with van der Waals surface area (Å²) in [7, 11) is 0. The summed E-state index contributed by atoms with van der Waals surface area (Å²) in [4.78, 5) is 23.9. The lowest BCUT2D eigenvalue weighted by Crippen LogP contribution is -2.56. The van der Waals surface area contributed by atoms with Crippen molar-refractivity contribution in [2.45, 2.75) is 25.6 Å². The molecule has 5 nitrogen and oxygen atoms in total. The first-order valence-electron chi connectivity index (χ1n) is 7.29. The van der Waals surface area contributed by atoms with Crippen LogP contribution in [0.1, 0.15) is 19.4 Å². The van der Waals surface area contributed by atoms with Gasteiger partial charge in [0.2, 0.25) is 5.76 Å². The Morgan fingerprint density at radius 1 is 1.04 bits per heavy atom. The predicted octanol–water partition coefficient (Wildman–Crippen LogP) is 2.99. The van der Waals surface area contributed by atoms with Gasteiger partial charge >= 0.3 is 18.1 Å². The zero-order chi connectivity index (χ0) is 18.8. The van der Waals surface area contributed by atoms with Crippen molar-refractivity contribution in [3.05, 3.63) is 47.0 Å². The van der Waals surface area contributed by atoms with Gasteiger partial charge in [-0.25, -0.2) is 14.0 Å². The molecule has 0 aromatic heterocycles. The number of esters is 2. The van der Waals surface area contributed by atoms with Crippen molar-refractivity contribution in [2.75, 3.05) is 13.2 Å². The molecule has 1 aromatic carbocycles. The molecule has 0 amide bonds. The third-order valence-electron chi connectivity index (χ3n) is 3.42. The smallest absolute Gasteiger partial charge is 0.437 e. The van der Waals surface area contributed by atoms with E-state index < -0.39 is 46.4 Å². The largest absolute Gasteiger partial charge is 0.462 e. The van der Waals surface area contributed by atoms with E-state index in [9.17, 15) is 27.2 Å². The molecule has 2 rings (SSSR count). The summed E-state index contributed by atoms with van der Waals surface area (Å²) in [5.41, 5.74) is -4.81. The molecule has 1 heterocycles. The second-order valence-corrected chi connectivity index (χ2v) is 4.93. The van der Waals surface area contributed by atoms with Crippen LogP contribution in [0.2, 0.25) is 0 Å². The third-order valence-corrected chi connectivity index (χ3v) is 3.42. The van der Waals surface area contributed by atoms with Gasteiger partial charge in [-0.3, -0.25) is 0 Å². The monoisotopic (exact) mass is 362 g/mol. The highest BCUT2D eigenvalue weighted by molar-refractivity contribution is 6.03. The number of rotatable bonds is 5. The SMILES string of the molecule is CCOC(=O)C1=C(C(=O)OCC)C(c2ccc(F)cc2)(C(F)(F)F)O1. The molecule has 25 heavy (non-hydrogen) atoms. The minimum Gasteiger partial charge on any atom is -0.462 e. The van der Waals surface area contributed by atoms with Crippen LogP contribution in [0.25, 0.3) is 0 Å². The van der Waals surface area contributed by atoms with Crippen LogP contribution in [-0.4, -0.2) is 31.3 Å². The average Bonchev–Trinajstić information content (AvgIpc) is 2.47. The van der Waals surface area contributed by atoms with E-state index in [-0.39, 0.29) is 13.2 Å². The molecule has 9 heteroatoms. The van der Waals surface area contributed by atoms with Crippen LogP contribution in [-0.2, 0) is 29.4 Å². The summed E-state index contributed by atoms with van der Waals surface area (Å²) in [6, 6.07) is 3.22. The average molecular weight is 362 g/mol. The molecule has 0 N–H and O–H groups in total. The summed E-state index contributed by atoms with van der Waals surface area (Å²) < 4.78 is 68.5. The van der Waals surface area contributed by atoms with Gasteiger partial charge in [0.1, 0.15) is 11.4 Å². The van der Waals surface area contributed by atoms with Crippen LogP contribution in [0.4, 0.5) is 17.6 Å². The Labute approximate surface area is 140 Å². The fourth-order valence-corrected chi connectivity index (χ4v) is 2.40. The summed E-state index contributed by atoms with van der Waals surface area (Å²) in [6.07, 6.45) is -5.11. The molecular weight excluding hydrogens is 348 g/mol. The van der Waals surface area contributed by atoms with Gasteiger partial charge in [0.25, 0.3) is 5.60 Å². The van der Waals surface area contributed by atoms with Crippen LogP contribution >= 0.6 is 0 Å². The zero-order valence-electron chi connectivity index (χ0n) is 13.3. The molecule has 1 unspecified atom stereocenters. The molecule has 1 atom stereocenters. The molecule has 0 saturated carbocycles. The van der Waals surface area contributed by atoms with E-state index in [2.05, 4.69) is 9.47 Å². The molecule has 1 aliphatic rings. The van der Waals surface area contributed by atoms with Crippen molar-refractivity contribution in [1.29, 1.82) is 0 Å². The number of carbonyl (C=O) groups excluding carboxylic acids is 2. The van der Waals surface area contributed by atoms with Gasteiger partial charge in [-0.1, -0.05) is 12.1 Å². The summed E-state index contributed by atoms with van der Waals surface area (Å²) >= 11 is 0. The van der Waals surface area contributed by atoms with Gasteiger partial charge < -0.3 is 14.2 Å². The van der Waals surface area contributed by atoms with Crippen LogP contribution < -0.4 is 0 Å². The maximum Gasteiger partial charge on any atom is 0.437 e. The quantitative estimate of drug-likeness (QED) is 0.595. The van der Waals surface area contributed by atoms with E-state index >= 15 is 0 Å². The minimum atomic E-state index is -5.11. The Kier molecular flexibility index (Phi) is 5.05. The first kappa shape index (κ1) is 18.8. The zero-order valence-corrected chi connectivity index (χ0v) is 13.3. The number of hydrogen-bond donors (Lipinski definition) is 0. The van der Waals surface area contributed by atoms with Crippen molar-refractivity contribution in [3.63, 3.8) is 0 Å². The van der Waals surface area contributed by atoms with Crippen LogP contribution in [0.3, 0.4) is 0 Å². The Morgan fingerprint density at radius 3 is 2.04 bits per heavy atom. The Bertz CT molecular complexity index is 708. The molecule has 0 aliphatic carbocycles. The molecule has 0 saturated heterocycles. The highest BCUT2D eigenvalue weighted by atomic mass is 19.4. The Morgan fingerprint density at radius 2 is 1.56 bits per heavy atom. The van der Waals surface area contributed by atoms with E-state index in [4.69, 9.17) is 4.74 Å². The second kappa shape index (κ2) is 6.73. The van der Waals surface area contributed by atoms with Gasteiger partial charge in [-0.15, -0.1) is 0 Å². The van der Waals surface area contributed by atoms with Crippen molar-refractivity contribution in [2.24, 2.45) is 0 Å². The second-order valence-electron chi connectivity index (χ2n) is 4.93. The summed E-state index contributed by atoms with van der Waals surface area (Å²) in [6.45, 7) is 2.50. The fourth-order valence-electron chi connectivity index (χ4n) is 2.40. The van der Waals surface area contributed by atoms with Gasteiger partial charge in [0.05, 0.1) is 13.2 Å². The minimum absolute atomic E-state index is 0.128. The number of carbonyl (C=O) groups is 2. The van der Waals surface area contributed by atoms with Crippen molar-refractivity contribution in [3.8, 4) is 0 Å². The van der Waals surface area contributed by atoms with Gasteiger partial charge in [-0.2, -0.15) is 13.2 Å². The lowest BCUT2D eigenvalue weighted by atomic mass is 9.79. The third kappa shape index (κ3) is 3.06. The summed E-state index contributed by atoms with van der Waals surface area (Å²) in [5.74, 6) is -4.22. The standard InChI is InChI=1S/C16H14F4O5/c1-3-23-13(21)11-12(14(22)24-4-2)25-15(11,16(18,19)20)9-5-7-10(17)8-6-9/h5-8H,3-4H2,1-2H3. The van der Waals surface area contributed by atoms with Gasteiger partial charge in [0, 0.05) is 5.56 Å². The molecule has 136 valence electrons.